The largest absolute Gasteiger partial charge is 0.347 e. The first kappa shape index (κ1) is 13.3. The number of aromatic nitrogens is 1. The fraction of sp³-hybridized carbons (Fsp3) is 0.235. The second kappa shape index (κ2) is 5.76. The molecule has 1 saturated heterocycles. The van der Waals surface area contributed by atoms with E-state index in [0.29, 0.717) is 6.42 Å². The molecule has 1 aromatic carbocycles. The Bertz CT molecular complexity index is 663. The number of hydrogen-bond donors (Lipinski definition) is 1. The number of hydrogen-bond acceptors (Lipinski definition) is 3. The minimum absolute atomic E-state index is 0.100. The number of nitrogens with one attached hydrogen (secondary N) is 1. The molecule has 3 atom stereocenters. The molecule has 1 fully saturated rings. The van der Waals surface area contributed by atoms with Gasteiger partial charge in [-0.3, -0.25) is 9.78 Å². The first-order valence-corrected chi connectivity index (χ1v) is 6.95. The number of carbonyl (C=O) groups excluding carboxylic acids is 1. The second-order valence-electron chi connectivity index (χ2n) is 5.18. The Balaban J connectivity index is 1.93. The molecule has 0 bridgehead atoms. The Morgan fingerprint density at radius 2 is 1.90 bits per heavy atom. The van der Waals surface area contributed by atoms with Crippen molar-refractivity contribution in [1.29, 1.82) is 5.26 Å². The summed E-state index contributed by atoms with van der Waals surface area (Å²) in [6, 6.07) is 17.4. The van der Waals surface area contributed by atoms with E-state index in [9.17, 15) is 10.1 Å². The van der Waals surface area contributed by atoms with Gasteiger partial charge in [0.05, 0.1) is 17.8 Å². The standard InChI is InChI=1S/C17H15N3O/c18-11-14-13(12-6-2-1-3-7-12)10-16(20-17(14)21)15-8-4-5-9-19-15/h1-9,13-14,16H,10H2,(H,20,21)/t13-,14-,16?/m1/s1. The van der Waals surface area contributed by atoms with Crippen molar-refractivity contribution in [2.75, 3.05) is 0 Å². The third kappa shape index (κ3) is 2.63. The van der Waals surface area contributed by atoms with Gasteiger partial charge in [-0.25, -0.2) is 0 Å². The zero-order valence-electron chi connectivity index (χ0n) is 11.4. The molecule has 0 saturated carbocycles. The normalized spacial score (nSPS) is 24.9. The Morgan fingerprint density at radius 1 is 1.14 bits per heavy atom. The van der Waals surface area contributed by atoms with Gasteiger partial charge < -0.3 is 5.32 Å². The molecule has 1 aliphatic rings. The van der Waals surface area contributed by atoms with Crippen LogP contribution in [0.3, 0.4) is 0 Å². The molecule has 1 N–H and O–H groups in total. The van der Waals surface area contributed by atoms with Crippen LogP contribution in [0.4, 0.5) is 0 Å². The average molecular weight is 277 g/mol. The SMILES string of the molecule is N#C[C@H]1C(=O)NC(c2ccccn2)C[C@@H]1c1ccccc1. The van der Waals surface area contributed by atoms with Gasteiger partial charge >= 0.3 is 0 Å². The molecule has 0 spiro atoms. The molecular formula is C17H15N3O. The molecule has 2 heterocycles. The highest BCUT2D eigenvalue weighted by Crippen LogP contribution is 2.37. The first-order valence-electron chi connectivity index (χ1n) is 6.95. The quantitative estimate of drug-likeness (QED) is 0.917. The van der Waals surface area contributed by atoms with Crippen LogP contribution in [-0.2, 0) is 4.79 Å². The minimum atomic E-state index is -0.646. The molecule has 0 aliphatic carbocycles. The van der Waals surface area contributed by atoms with Crippen molar-refractivity contribution < 1.29 is 4.79 Å². The van der Waals surface area contributed by atoms with Gasteiger partial charge in [-0.15, -0.1) is 0 Å². The maximum Gasteiger partial charge on any atom is 0.238 e. The van der Waals surface area contributed by atoms with E-state index < -0.39 is 5.92 Å². The topological polar surface area (TPSA) is 65.8 Å². The zero-order valence-corrected chi connectivity index (χ0v) is 11.4. The summed E-state index contributed by atoms with van der Waals surface area (Å²) in [7, 11) is 0. The van der Waals surface area contributed by atoms with Crippen LogP contribution in [0.5, 0.6) is 0 Å². The van der Waals surface area contributed by atoms with Crippen LogP contribution in [0.2, 0.25) is 0 Å². The van der Waals surface area contributed by atoms with E-state index in [1.54, 1.807) is 6.20 Å². The number of nitriles is 1. The van der Waals surface area contributed by atoms with Gasteiger partial charge in [0, 0.05) is 12.1 Å². The summed E-state index contributed by atoms with van der Waals surface area (Å²) >= 11 is 0. The number of piperidine rings is 1. The number of carbonyl (C=O) groups is 1. The van der Waals surface area contributed by atoms with Gasteiger partial charge in [0.1, 0.15) is 5.92 Å². The fourth-order valence-corrected chi connectivity index (χ4v) is 2.85. The third-order valence-corrected chi connectivity index (χ3v) is 3.90. The number of pyridine rings is 1. The first-order chi connectivity index (χ1) is 10.3. The molecule has 1 unspecified atom stereocenters. The molecule has 4 heteroatoms. The predicted octanol–water partition coefficient (Wildman–Crippen LogP) is 2.57. The van der Waals surface area contributed by atoms with Crippen LogP contribution in [0, 0.1) is 17.2 Å². The number of nitrogens with zero attached hydrogens (tertiary/aromatic N) is 2. The molecule has 1 amide bonds. The Hall–Kier alpha value is -2.67. The molecule has 4 nitrogen and oxygen atoms in total. The van der Waals surface area contributed by atoms with Crippen molar-refractivity contribution >= 4 is 5.91 Å². The highest BCUT2D eigenvalue weighted by molar-refractivity contribution is 5.83. The van der Waals surface area contributed by atoms with Gasteiger partial charge in [0.15, 0.2) is 0 Å². The summed E-state index contributed by atoms with van der Waals surface area (Å²) in [5.41, 5.74) is 1.86. The fourth-order valence-electron chi connectivity index (χ4n) is 2.85. The molecule has 1 aliphatic heterocycles. The lowest BCUT2D eigenvalue weighted by Gasteiger charge is -2.33. The van der Waals surface area contributed by atoms with Crippen LogP contribution in [0.15, 0.2) is 54.7 Å². The van der Waals surface area contributed by atoms with Crippen LogP contribution >= 0.6 is 0 Å². The molecule has 104 valence electrons. The van der Waals surface area contributed by atoms with Crippen LogP contribution in [0.25, 0.3) is 0 Å². The smallest absolute Gasteiger partial charge is 0.238 e. The monoisotopic (exact) mass is 277 g/mol. The summed E-state index contributed by atoms with van der Waals surface area (Å²) in [4.78, 5) is 16.5. The lowest BCUT2D eigenvalue weighted by molar-refractivity contribution is -0.126. The van der Waals surface area contributed by atoms with Crippen LogP contribution < -0.4 is 5.32 Å². The van der Waals surface area contributed by atoms with E-state index in [-0.39, 0.29) is 17.9 Å². The van der Waals surface area contributed by atoms with Gasteiger partial charge in [0.2, 0.25) is 5.91 Å². The minimum Gasteiger partial charge on any atom is -0.347 e. The van der Waals surface area contributed by atoms with Crippen molar-refractivity contribution in [1.82, 2.24) is 10.3 Å². The van der Waals surface area contributed by atoms with Gasteiger partial charge in [-0.1, -0.05) is 36.4 Å². The van der Waals surface area contributed by atoms with E-state index in [0.717, 1.165) is 11.3 Å². The summed E-state index contributed by atoms with van der Waals surface area (Å²) in [5.74, 6) is -0.961. The predicted molar refractivity (Wildman–Crippen MR) is 78.0 cm³/mol. The molecule has 2 aromatic rings. The van der Waals surface area contributed by atoms with E-state index in [1.165, 1.54) is 0 Å². The third-order valence-electron chi connectivity index (χ3n) is 3.90. The Labute approximate surface area is 123 Å². The summed E-state index contributed by atoms with van der Waals surface area (Å²) in [6.45, 7) is 0. The summed E-state index contributed by atoms with van der Waals surface area (Å²) in [6.07, 6.45) is 2.40. The van der Waals surface area contributed by atoms with Gasteiger partial charge in [-0.2, -0.15) is 5.26 Å². The Morgan fingerprint density at radius 3 is 2.57 bits per heavy atom. The summed E-state index contributed by atoms with van der Waals surface area (Å²) < 4.78 is 0. The van der Waals surface area contributed by atoms with Crippen molar-refractivity contribution in [3.63, 3.8) is 0 Å². The number of rotatable bonds is 2. The van der Waals surface area contributed by atoms with E-state index in [2.05, 4.69) is 16.4 Å². The highest BCUT2D eigenvalue weighted by Gasteiger charge is 2.38. The van der Waals surface area contributed by atoms with E-state index in [4.69, 9.17) is 0 Å². The van der Waals surface area contributed by atoms with Crippen molar-refractivity contribution in [2.24, 2.45) is 5.92 Å². The van der Waals surface area contributed by atoms with Crippen LogP contribution in [0.1, 0.15) is 29.6 Å². The molecule has 0 radical (unpaired) electrons. The molecule has 21 heavy (non-hydrogen) atoms. The lowest BCUT2D eigenvalue weighted by atomic mass is 9.78. The van der Waals surface area contributed by atoms with Crippen molar-refractivity contribution in [2.45, 2.75) is 18.4 Å². The zero-order chi connectivity index (χ0) is 14.7. The lowest BCUT2D eigenvalue weighted by Crippen LogP contribution is -2.42. The van der Waals surface area contributed by atoms with E-state index >= 15 is 0 Å². The number of amides is 1. The van der Waals surface area contributed by atoms with Gasteiger partial charge in [0.25, 0.3) is 0 Å². The number of benzene rings is 1. The second-order valence-corrected chi connectivity index (χ2v) is 5.18. The molecule has 3 rings (SSSR count). The Kier molecular flexibility index (Phi) is 3.65. The average Bonchev–Trinajstić information content (AvgIpc) is 2.55. The highest BCUT2D eigenvalue weighted by atomic mass is 16.2. The van der Waals surface area contributed by atoms with Crippen LogP contribution in [-0.4, -0.2) is 10.9 Å². The summed E-state index contributed by atoms with van der Waals surface area (Å²) in [5, 5.41) is 12.2. The molecule has 1 aromatic heterocycles. The van der Waals surface area contributed by atoms with Crippen molar-refractivity contribution in [3.8, 4) is 6.07 Å². The maximum atomic E-state index is 12.2. The van der Waals surface area contributed by atoms with Gasteiger partial charge in [-0.05, 0) is 24.1 Å². The van der Waals surface area contributed by atoms with Crippen molar-refractivity contribution in [3.05, 3.63) is 66.0 Å². The maximum absolute atomic E-state index is 12.2. The van der Waals surface area contributed by atoms with E-state index in [1.807, 2.05) is 48.5 Å². The molecular weight excluding hydrogens is 262 g/mol.